The molecule has 0 aliphatic rings. The Morgan fingerprint density at radius 3 is 1.97 bits per heavy atom. The molecule has 3 aromatic carbocycles. The summed E-state index contributed by atoms with van der Waals surface area (Å²) in [6.07, 6.45) is 0.304. The van der Waals surface area contributed by atoms with Crippen molar-refractivity contribution in [1.29, 1.82) is 0 Å². The minimum atomic E-state index is -1.40. The topological polar surface area (TPSA) is 84.2 Å². The average Bonchev–Trinajstić information content (AvgIpc) is 2.79. The van der Waals surface area contributed by atoms with Crippen LogP contribution < -0.4 is 16.6 Å². The summed E-state index contributed by atoms with van der Waals surface area (Å²) >= 11 is 1.04. The number of carbonyl (C=O) groups is 2. The Hall–Kier alpha value is -3.16. The van der Waals surface area contributed by atoms with Gasteiger partial charge in [-0.25, -0.2) is 10.2 Å². The van der Waals surface area contributed by atoms with Gasteiger partial charge in [0.25, 0.3) is 11.8 Å². The van der Waals surface area contributed by atoms with Crippen molar-refractivity contribution in [2.24, 2.45) is 5.84 Å². The number of amides is 2. The fraction of sp³-hybridized carbons (Fsp3) is 0.130. The number of rotatable bonds is 8. The van der Waals surface area contributed by atoms with Crippen LogP contribution in [0.25, 0.3) is 0 Å². The van der Waals surface area contributed by atoms with Gasteiger partial charge in [0.1, 0.15) is 0 Å². The van der Waals surface area contributed by atoms with Gasteiger partial charge in [0.15, 0.2) is 5.50 Å². The van der Waals surface area contributed by atoms with Gasteiger partial charge in [-0.3, -0.25) is 15.0 Å². The second-order valence-electron chi connectivity index (χ2n) is 6.57. The van der Waals surface area contributed by atoms with Crippen molar-refractivity contribution in [3.8, 4) is 0 Å². The minimum absolute atomic E-state index is 0.127. The predicted octanol–water partition coefficient (Wildman–Crippen LogP) is 3.72. The van der Waals surface area contributed by atoms with E-state index in [9.17, 15) is 9.59 Å². The van der Waals surface area contributed by atoms with E-state index in [0.717, 1.165) is 22.2 Å². The first kappa shape index (κ1) is 21.5. The minimum Gasteiger partial charge on any atom is -0.345 e. The van der Waals surface area contributed by atoms with Gasteiger partial charge >= 0.3 is 0 Å². The van der Waals surface area contributed by atoms with Crippen molar-refractivity contribution in [2.75, 3.05) is 0 Å². The molecular weight excluding hydrogens is 401 g/mol. The lowest BCUT2D eigenvalue weighted by molar-refractivity contribution is 0.0902. The van der Waals surface area contributed by atoms with Crippen molar-refractivity contribution in [2.45, 2.75) is 22.9 Å². The third-order valence-corrected chi connectivity index (χ3v) is 5.57. The largest absolute Gasteiger partial charge is 0.345 e. The van der Waals surface area contributed by atoms with Crippen molar-refractivity contribution in [1.82, 2.24) is 10.7 Å². The third kappa shape index (κ3) is 5.68. The zero-order chi connectivity index (χ0) is 21.3. The summed E-state index contributed by atoms with van der Waals surface area (Å²) in [5.74, 6) is 4.09. The van der Waals surface area contributed by atoms with Gasteiger partial charge in [-0.1, -0.05) is 72.4 Å². The number of nitrogens with one attached hydrogen (secondary N) is 2. The summed E-state index contributed by atoms with van der Waals surface area (Å²) in [5.41, 5.74) is 1.79. The number of halogens is 1. The SMILES string of the molecule is NNC(=O)c1ccccc1C(=O)N[C@@H](Cc1ccccc1)C(F)Sc1ccccc1. The second kappa shape index (κ2) is 10.6. The number of benzene rings is 3. The first-order valence-corrected chi connectivity index (χ1v) is 10.3. The molecule has 7 heteroatoms. The molecule has 0 aliphatic heterocycles. The van der Waals surface area contributed by atoms with Gasteiger partial charge in [0.2, 0.25) is 0 Å². The van der Waals surface area contributed by atoms with E-state index < -0.39 is 23.4 Å². The van der Waals surface area contributed by atoms with Gasteiger partial charge < -0.3 is 5.32 Å². The molecule has 0 aliphatic carbocycles. The van der Waals surface area contributed by atoms with Crippen LogP contribution in [0, 0.1) is 0 Å². The lowest BCUT2D eigenvalue weighted by Gasteiger charge is -2.23. The molecule has 0 aromatic heterocycles. The Morgan fingerprint density at radius 1 is 0.833 bits per heavy atom. The van der Waals surface area contributed by atoms with E-state index in [0.29, 0.717) is 6.42 Å². The lowest BCUT2D eigenvalue weighted by atomic mass is 10.0. The molecule has 30 heavy (non-hydrogen) atoms. The molecule has 4 N–H and O–H groups in total. The number of hydrogen-bond donors (Lipinski definition) is 3. The van der Waals surface area contributed by atoms with E-state index in [-0.39, 0.29) is 11.1 Å². The normalized spacial score (nSPS) is 12.6. The number of nitrogens with two attached hydrogens (primary N) is 1. The number of nitrogen functional groups attached to an aromatic ring is 1. The molecule has 154 valence electrons. The Bertz CT molecular complexity index is 986. The van der Waals surface area contributed by atoms with Crippen molar-refractivity contribution >= 4 is 23.6 Å². The lowest BCUT2D eigenvalue weighted by Crippen LogP contribution is -2.43. The highest BCUT2D eigenvalue weighted by atomic mass is 32.2. The summed E-state index contributed by atoms with van der Waals surface area (Å²) < 4.78 is 15.3. The van der Waals surface area contributed by atoms with Gasteiger partial charge in [-0.05, 0) is 36.2 Å². The van der Waals surface area contributed by atoms with Gasteiger partial charge in [0, 0.05) is 4.90 Å². The molecule has 3 rings (SSSR count). The summed E-state index contributed by atoms with van der Waals surface area (Å²) in [7, 11) is 0. The fourth-order valence-electron chi connectivity index (χ4n) is 2.99. The predicted molar refractivity (Wildman–Crippen MR) is 117 cm³/mol. The van der Waals surface area contributed by atoms with Crippen LogP contribution in [0.1, 0.15) is 26.3 Å². The van der Waals surface area contributed by atoms with Crippen LogP contribution in [-0.2, 0) is 6.42 Å². The molecule has 5 nitrogen and oxygen atoms in total. The molecule has 0 spiro atoms. The molecule has 1 unspecified atom stereocenters. The van der Waals surface area contributed by atoms with E-state index in [1.165, 1.54) is 12.1 Å². The molecular formula is C23H22FN3O2S. The van der Waals surface area contributed by atoms with Crippen molar-refractivity contribution in [3.05, 3.63) is 102 Å². The molecule has 2 amide bonds. The van der Waals surface area contributed by atoms with Crippen LogP contribution in [0.5, 0.6) is 0 Å². The average molecular weight is 424 g/mol. The maximum atomic E-state index is 15.3. The summed E-state index contributed by atoms with van der Waals surface area (Å²) in [5, 5.41) is 2.77. The Balaban J connectivity index is 1.83. The highest BCUT2D eigenvalue weighted by Crippen LogP contribution is 2.28. The fourth-order valence-corrected chi connectivity index (χ4v) is 3.89. The molecule has 0 heterocycles. The van der Waals surface area contributed by atoms with E-state index >= 15 is 4.39 Å². The summed E-state index contributed by atoms with van der Waals surface area (Å²) in [6, 6.07) is 24.0. The zero-order valence-electron chi connectivity index (χ0n) is 16.1. The highest BCUT2D eigenvalue weighted by Gasteiger charge is 2.26. The summed E-state index contributed by atoms with van der Waals surface area (Å²) in [4.78, 5) is 25.7. The second-order valence-corrected chi connectivity index (χ2v) is 7.73. The first-order valence-electron chi connectivity index (χ1n) is 9.39. The quantitative estimate of drug-likeness (QED) is 0.223. The number of thioether (sulfide) groups is 1. The van der Waals surface area contributed by atoms with E-state index in [1.54, 1.807) is 12.1 Å². The Kier molecular flexibility index (Phi) is 7.59. The van der Waals surface area contributed by atoms with Gasteiger partial charge in [-0.2, -0.15) is 0 Å². The zero-order valence-corrected chi connectivity index (χ0v) is 16.9. The van der Waals surface area contributed by atoms with Crippen molar-refractivity contribution in [3.63, 3.8) is 0 Å². The molecule has 3 aromatic rings. The van der Waals surface area contributed by atoms with Crippen LogP contribution in [0.3, 0.4) is 0 Å². The molecule has 0 bridgehead atoms. The highest BCUT2D eigenvalue weighted by molar-refractivity contribution is 7.99. The molecule has 2 atom stereocenters. The smallest absolute Gasteiger partial charge is 0.265 e. The third-order valence-electron chi connectivity index (χ3n) is 4.47. The Morgan fingerprint density at radius 2 is 1.37 bits per heavy atom. The monoisotopic (exact) mass is 423 g/mol. The van der Waals surface area contributed by atoms with Crippen molar-refractivity contribution < 1.29 is 14.0 Å². The number of carbonyl (C=O) groups excluding carboxylic acids is 2. The van der Waals surface area contributed by atoms with E-state index in [4.69, 9.17) is 5.84 Å². The van der Waals surface area contributed by atoms with Crippen LogP contribution >= 0.6 is 11.8 Å². The maximum Gasteiger partial charge on any atom is 0.265 e. The van der Waals surface area contributed by atoms with E-state index in [2.05, 4.69) is 5.32 Å². The standard InChI is InChI=1S/C23H22FN3O2S/c24-21(30-17-11-5-2-6-12-17)20(15-16-9-3-1-4-10-16)26-22(28)18-13-7-8-14-19(18)23(29)27-25/h1-14,20-21H,15,25H2,(H,26,28)(H,27,29)/t20-,21?/m0/s1. The number of hydrogen-bond acceptors (Lipinski definition) is 4. The maximum absolute atomic E-state index is 15.3. The molecule has 0 fully saturated rings. The van der Waals surface area contributed by atoms with Crippen LogP contribution in [0.15, 0.2) is 89.8 Å². The molecule has 0 saturated heterocycles. The van der Waals surface area contributed by atoms with Crippen LogP contribution in [-0.4, -0.2) is 23.4 Å². The number of hydrazine groups is 1. The number of alkyl halides is 1. The summed E-state index contributed by atoms with van der Waals surface area (Å²) in [6.45, 7) is 0. The van der Waals surface area contributed by atoms with E-state index in [1.807, 2.05) is 66.1 Å². The van der Waals surface area contributed by atoms with Crippen LogP contribution in [0.2, 0.25) is 0 Å². The first-order chi connectivity index (χ1) is 14.6. The van der Waals surface area contributed by atoms with Gasteiger partial charge in [-0.15, -0.1) is 0 Å². The molecule has 0 radical (unpaired) electrons. The van der Waals surface area contributed by atoms with Crippen LogP contribution in [0.4, 0.5) is 4.39 Å². The van der Waals surface area contributed by atoms with Gasteiger partial charge in [0.05, 0.1) is 17.2 Å². The Labute approximate surface area is 178 Å². The molecule has 0 saturated carbocycles.